The fourth-order valence-corrected chi connectivity index (χ4v) is 1.47. The third-order valence-corrected chi connectivity index (χ3v) is 2.54. The molecule has 0 bridgehead atoms. The summed E-state index contributed by atoms with van der Waals surface area (Å²) in [5, 5.41) is 2.84. The van der Waals surface area contributed by atoms with E-state index >= 15 is 0 Å². The molecule has 100 valence electrons. The van der Waals surface area contributed by atoms with Crippen molar-refractivity contribution in [1.82, 2.24) is 0 Å². The normalized spacial score (nSPS) is 12.5. The van der Waals surface area contributed by atoms with Crippen molar-refractivity contribution in [3.05, 3.63) is 29.8 Å². The van der Waals surface area contributed by atoms with Gasteiger partial charge in [-0.3, -0.25) is 4.79 Å². The van der Waals surface area contributed by atoms with Gasteiger partial charge in [-0.1, -0.05) is 32.0 Å². The molecule has 1 rings (SSSR count). The van der Waals surface area contributed by atoms with Gasteiger partial charge in [0.05, 0.1) is 0 Å². The molecular weight excluding hydrogens is 228 g/mol. The Bertz CT molecular complexity index is 391. The molecule has 0 radical (unpaired) electrons. The summed E-state index contributed by atoms with van der Waals surface area (Å²) >= 11 is 0. The molecule has 4 heteroatoms. The molecule has 1 aromatic carbocycles. The van der Waals surface area contributed by atoms with E-state index in [2.05, 4.69) is 5.32 Å². The van der Waals surface area contributed by atoms with E-state index in [1.54, 1.807) is 6.92 Å². The SMILES string of the molecule is CC(C)COC(C)C(=O)Nc1ccccc1CN. The molecule has 0 aliphatic rings. The summed E-state index contributed by atoms with van der Waals surface area (Å²) in [7, 11) is 0. The number of amides is 1. The van der Waals surface area contributed by atoms with E-state index < -0.39 is 6.10 Å². The molecule has 0 aliphatic heterocycles. The van der Waals surface area contributed by atoms with Gasteiger partial charge in [0.25, 0.3) is 5.91 Å². The minimum Gasteiger partial charge on any atom is -0.368 e. The van der Waals surface area contributed by atoms with Crippen molar-refractivity contribution in [2.75, 3.05) is 11.9 Å². The summed E-state index contributed by atoms with van der Waals surface area (Å²) in [6.45, 7) is 6.83. The summed E-state index contributed by atoms with van der Waals surface area (Å²) in [4.78, 5) is 11.9. The van der Waals surface area contributed by atoms with Crippen LogP contribution in [0.1, 0.15) is 26.3 Å². The maximum atomic E-state index is 11.9. The van der Waals surface area contributed by atoms with E-state index in [1.807, 2.05) is 38.1 Å². The highest BCUT2D eigenvalue weighted by Crippen LogP contribution is 2.14. The molecule has 1 amide bonds. The lowest BCUT2D eigenvalue weighted by atomic mass is 10.1. The van der Waals surface area contributed by atoms with Crippen LogP contribution in [0.3, 0.4) is 0 Å². The zero-order chi connectivity index (χ0) is 13.5. The largest absolute Gasteiger partial charge is 0.368 e. The lowest BCUT2D eigenvalue weighted by Gasteiger charge is -2.16. The molecule has 0 saturated heterocycles. The molecule has 1 atom stereocenters. The molecule has 0 spiro atoms. The molecule has 0 saturated carbocycles. The van der Waals surface area contributed by atoms with Crippen molar-refractivity contribution < 1.29 is 9.53 Å². The van der Waals surface area contributed by atoms with Crippen LogP contribution in [0.5, 0.6) is 0 Å². The first-order valence-electron chi connectivity index (χ1n) is 6.25. The van der Waals surface area contributed by atoms with Crippen molar-refractivity contribution in [2.45, 2.75) is 33.4 Å². The Kier molecular flexibility index (Phi) is 5.82. The number of nitrogens with two attached hydrogens (primary N) is 1. The second-order valence-corrected chi connectivity index (χ2v) is 4.72. The molecule has 3 N–H and O–H groups in total. The zero-order valence-corrected chi connectivity index (χ0v) is 11.3. The second kappa shape index (κ2) is 7.13. The van der Waals surface area contributed by atoms with Gasteiger partial charge in [0.1, 0.15) is 6.10 Å². The Labute approximate surface area is 109 Å². The number of anilines is 1. The lowest BCUT2D eigenvalue weighted by Crippen LogP contribution is -2.29. The van der Waals surface area contributed by atoms with Crippen LogP contribution in [0, 0.1) is 5.92 Å². The van der Waals surface area contributed by atoms with E-state index in [1.165, 1.54) is 0 Å². The van der Waals surface area contributed by atoms with Gasteiger partial charge in [-0.05, 0) is 24.5 Å². The van der Waals surface area contributed by atoms with Crippen LogP contribution in [-0.4, -0.2) is 18.6 Å². The van der Waals surface area contributed by atoms with E-state index in [0.29, 0.717) is 19.1 Å². The van der Waals surface area contributed by atoms with E-state index in [4.69, 9.17) is 10.5 Å². The van der Waals surface area contributed by atoms with Gasteiger partial charge in [-0.2, -0.15) is 0 Å². The van der Waals surface area contributed by atoms with Gasteiger partial charge < -0.3 is 15.8 Å². The van der Waals surface area contributed by atoms with Crippen molar-refractivity contribution in [3.8, 4) is 0 Å². The van der Waals surface area contributed by atoms with Gasteiger partial charge in [-0.15, -0.1) is 0 Å². The first kappa shape index (κ1) is 14.7. The number of para-hydroxylation sites is 1. The molecule has 4 nitrogen and oxygen atoms in total. The number of carbonyl (C=O) groups excluding carboxylic acids is 1. The number of rotatable bonds is 6. The Balaban J connectivity index is 2.58. The molecule has 1 aromatic rings. The zero-order valence-electron chi connectivity index (χ0n) is 11.3. The Hall–Kier alpha value is -1.39. The third-order valence-electron chi connectivity index (χ3n) is 2.54. The quantitative estimate of drug-likeness (QED) is 0.813. The topological polar surface area (TPSA) is 64.3 Å². The molecule has 0 aromatic heterocycles. The first-order valence-corrected chi connectivity index (χ1v) is 6.25. The number of nitrogens with one attached hydrogen (secondary N) is 1. The minimum absolute atomic E-state index is 0.142. The minimum atomic E-state index is -0.460. The highest BCUT2D eigenvalue weighted by molar-refractivity contribution is 5.94. The summed E-state index contributed by atoms with van der Waals surface area (Å²) in [6, 6.07) is 7.51. The standard InChI is InChI=1S/C14H22N2O2/c1-10(2)9-18-11(3)14(17)16-13-7-5-4-6-12(13)8-15/h4-7,10-11H,8-9,15H2,1-3H3,(H,16,17). The van der Waals surface area contributed by atoms with Gasteiger partial charge >= 0.3 is 0 Å². The van der Waals surface area contributed by atoms with Crippen molar-refractivity contribution in [2.24, 2.45) is 11.7 Å². The van der Waals surface area contributed by atoms with Crippen LogP contribution >= 0.6 is 0 Å². The van der Waals surface area contributed by atoms with Crippen molar-refractivity contribution in [3.63, 3.8) is 0 Å². The molecule has 0 fully saturated rings. The summed E-state index contributed by atoms with van der Waals surface area (Å²) in [5.74, 6) is 0.271. The first-order chi connectivity index (χ1) is 8.54. The van der Waals surface area contributed by atoms with Gasteiger partial charge in [0, 0.05) is 18.8 Å². The summed E-state index contributed by atoms with van der Waals surface area (Å²) in [5.41, 5.74) is 7.29. The molecule has 0 aliphatic carbocycles. The summed E-state index contributed by atoms with van der Waals surface area (Å²) < 4.78 is 5.47. The van der Waals surface area contributed by atoms with Crippen LogP contribution in [0.4, 0.5) is 5.69 Å². The van der Waals surface area contributed by atoms with Gasteiger partial charge in [0.2, 0.25) is 0 Å². The number of hydrogen-bond acceptors (Lipinski definition) is 3. The Morgan fingerprint density at radius 1 is 1.33 bits per heavy atom. The van der Waals surface area contributed by atoms with Crippen LogP contribution in [0.25, 0.3) is 0 Å². The molecule has 0 heterocycles. The van der Waals surface area contributed by atoms with Gasteiger partial charge in [-0.25, -0.2) is 0 Å². The van der Waals surface area contributed by atoms with Crippen LogP contribution in [0.15, 0.2) is 24.3 Å². The smallest absolute Gasteiger partial charge is 0.253 e. The van der Waals surface area contributed by atoms with Crippen molar-refractivity contribution in [1.29, 1.82) is 0 Å². The molecule has 1 unspecified atom stereocenters. The van der Waals surface area contributed by atoms with Crippen LogP contribution in [0.2, 0.25) is 0 Å². The second-order valence-electron chi connectivity index (χ2n) is 4.72. The number of hydrogen-bond donors (Lipinski definition) is 2. The highest BCUT2D eigenvalue weighted by Gasteiger charge is 2.15. The van der Waals surface area contributed by atoms with E-state index in [0.717, 1.165) is 11.3 Å². The number of benzene rings is 1. The van der Waals surface area contributed by atoms with Crippen molar-refractivity contribution >= 4 is 11.6 Å². The van der Waals surface area contributed by atoms with Crippen LogP contribution in [-0.2, 0) is 16.1 Å². The number of ether oxygens (including phenoxy) is 1. The average Bonchev–Trinajstić information content (AvgIpc) is 2.36. The average molecular weight is 250 g/mol. The fourth-order valence-electron chi connectivity index (χ4n) is 1.47. The van der Waals surface area contributed by atoms with Gasteiger partial charge in [0.15, 0.2) is 0 Å². The van der Waals surface area contributed by atoms with E-state index in [-0.39, 0.29) is 5.91 Å². The maximum absolute atomic E-state index is 11.9. The molecular formula is C14H22N2O2. The number of carbonyl (C=O) groups is 1. The predicted octanol–water partition coefficient (Wildman–Crippen LogP) is 2.14. The predicted molar refractivity (Wildman–Crippen MR) is 73.2 cm³/mol. The maximum Gasteiger partial charge on any atom is 0.253 e. The monoisotopic (exact) mass is 250 g/mol. The van der Waals surface area contributed by atoms with E-state index in [9.17, 15) is 4.79 Å². The Morgan fingerprint density at radius 2 is 2.00 bits per heavy atom. The lowest BCUT2D eigenvalue weighted by molar-refractivity contribution is -0.126. The summed E-state index contributed by atoms with van der Waals surface area (Å²) in [6.07, 6.45) is -0.460. The Morgan fingerprint density at radius 3 is 2.61 bits per heavy atom. The third kappa shape index (κ3) is 4.47. The fraction of sp³-hybridized carbons (Fsp3) is 0.500. The molecule has 18 heavy (non-hydrogen) atoms. The highest BCUT2D eigenvalue weighted by atomic mass is 16.5. The van der Waals surface area contributed by atoms with Crippen LogP contribution < -0.4 is 11.1 Å².